The summed E-state index contributed by atoms with van der Waals surface area (Å²) in [7, 11) is 1.56. The number of alkyl halides is 3. The van der Waals surface area contributed by atoms with Crippen molar-refractivity contribution >= 4 is 29.9 Å². The Hall–Kier alpha value is -1.14. The van der Waals surface area contributed by atoms with E-state index in [0.29, 0.717) is 18.6 Å². The van der Waals surface area contributed by atoms with Crippen LogP contribution in [-0.4, -0.2) is 68.1 Å². The molecule has 1 atom stereocenters. The first-order valence-corrected chi connectivity index (χ1v) is 9.51. The number of rotatable bonds is 6. The van der Waals surface area contributed by atoms with Crippen LogP contribution in [0.4, 0.5) is 17.6 Å². The van der Waals surface area contributed by atoms with Crippen molar-refractivity contribution in [3.05, 3.63) is 35.1 Å². The Morgan fingerprint density at radius 3 is 2.38 bits per heavy atom. The Morgan fingerprint density at radius 1 is 1.17 bits per heavy atom. The Labute approximate surface area is 186 Å². The minimum atomic E-state index is -4.61. The van der Waals surface area contributed by atoms with E-state index >= 15 is 0 Å². The van der Waals surface area contributed by atoms with Crippen LogP contribution in [0, 0.1) is 5.82 Å². The Balaban J connectivity index is 0.00000420. The summed E-state index contributed by atoms with van der Waals surface area (Å²) in [4.78, 5) is 8.85. The van der Waals surface area contributed by atoms with E-state index in [0.717, 1.165) is 44.9 Å². The molecule has 0 aromatic heterocycles. The normalized spacial score (nSPS) is 17.6. The molecular formula is C19H30F4IN5. The number of benzene rings is 1. The SMILES string of the molecule is CCN1CCN(C(C)CNC(=NC)NCc2ccc(F)cc2C(F)(F)F)CC1.I. The minimum absolute atomic E-state index is 0. The maximum atomic E-state index is 13.2. The highest BCUT2D eigenvalue weighted by atomic mass is 127. The highest BCUT2D eigenvalue weighted by molar-refractivity contribution is 14.0. The van der Waals surface area contributed by atoms with Crippen LogP contribution in [0.2, 0.25) is 0 Å². The summed E-state index contributed by atoms with van der Waals surface area (Å²) in [5, 5.41) is 6.04. The van der Waals surface area contributed by atoms with Crippen molar-refractivity contribution in [2.75, 3.05) is 46.3 Å². The topological polar surface area (TPSA) is 42.9 Å². The Morgan fingerprint density at radius 2 is 1.83 bits per heavy atom. The molecule has 10 heteroatoms. The van der Waals surface area contributed by atoms with E-state index < -0.39 is 17.6 Å². The van der Waals surface area contributed by atoms with E-state index in [1.54, 1.807) is 7.05 Å². The van der Waals surface area contributed by atoms with Gasteiger partial charge in [-0.3, -0.25) is 9.89 Å². The molecule has 1 aliphatic heterocycles. The van der Waals surface area contributed by atoms with Crippen LogP contribution in [0.1, 0.15) is 25.0 Å². The molecule has 0 bridgehead atoms. The molecule has 2 rings (SSSR count). The van der Waals surface area contributed by atoms with Crippen LogP contribution >= 0.6 is 24.0 Å². The largest absolute Gasteiger partial charge is 0.416 e. The first-order valence-electron chi connectivity index (χ1n) is 9.51. The first-order chi connectivity index (χ1) is 13.2. The fraction of sp³-hybridized carbons (Fsp3) is 0.632. The molecule has 0 saturated carbocycles. The zero-order valence-corrected chi connectivity index (χ0v) is 19.4. The van der Waals surface area contributed by atoms with E-state index in [-0.39, 0.29) is 42.1 Å². The first kappa shape index (κ1) is 25.9. The van der Waals surface area contributed by atoms with Crippen LogP contribution in [0.5, 0.6) is 0 Å². The van der Waals surface area contributed by atoms with Gasteiger partial charge in [0.2, 0.25) is 0 Å². The maximum absolute atomic E-state index is 13.2. The third-order valence-electron chi connectivity index (χ3n) is 5.09. The summed E-state index contributed by atoms with van der Waals surface area (Å²) in [6.07, 6.45) is -4.61. The van der Waals surface area contributed by atoms with E-state index in [9.17, 15) is 17.6 Å². The number of halogens is 5. The van der Waals surface area contributed by atoms with Gasteiger partial charge in [-0.25, -0.2) is 4.39 Å². The van der Waals surface area contributed by atoms with Gasteiger partial charge in [-0.15, -0.1) is 24.0 Å². The lowest BCUT2D eigenvalue weighted by Crippen LogP contribution is -2.53. The number of nitrogens with one attached hydrogen (secondary N) is 2. The molecule has 0 amide bonds. The minimum Gasteiger partial charge on any atom is -0.355 e. The van der Waals surface area contributed by atoms with Crippen LogP contribution < -0.4 is 10.6 Å². The summed E-state index contributed by atoms with van der Waals surface area (Å²) in [5.74, 6) is -0.493. The average molecular weight is 531 g/mol. The van der Waals surface area contributed by atoms with Gasteiger partial charge >= 0.3 is 6.18 Å². The van der Waals surface area contributed by atoms with Crippen LogP contribution in [-0.2, 0) is 12.7 Å². The van der Waals surface area contributed by atoms with Crippen LogP contribution in [0.15, 0.2) is 23.2 Å². The van der Waals surface area contributed by atoms with E-state index in [1.807, 2.05) is 0 Å². The Kier molecular flexibility index (Phi) is 10.6. The molecule has 1 fully saturated rings. The van der Waals surface area contributed by atoms with Crippen molar-refractivity contribution in [1.82, 2.24) is 20.4 Å². The van der Waals surface area contributed by atoms with Gasteiger partial charge in [0.1, 0.15) is 5.82 Å². The van der Waals surface area contributed by atoms with Gasteiger partial charge in [0.25, 0.3) is 0 Å². The number of piperazine rings is 1. The van der Waals surface area contributed by atoms with Gasteiger partial charge in [-0.1, -0.05) is 13.0 Å². The van der Waals surface area contributed by atoms with Crippen molar-refractivity contribution in [2.24, 2.45) is 4.99 Å². The number of likely N-dealkylation sites (N-methyl/N-ethyl adjacent to an activating group) is 1. The van der Waals surface area contributed by atoms with Crippen molar-refractivity contribution in [2.45, 2.75) is 32.6 Å². The second kappa shape index (κ2) is 11.9. The molecule has 1 saturated heterocycles. The zero-order chi connectivity index (χ0) is 20.7. The molecule has 29 heavy (non-hydrogen) atoms. The molecule has 1 unspecified atom stereocenters. The predicted octanol–water partition coefficient (Wildman–Crippen LogP) is 3.15. The van der Waals surface area contributed by atoms with Gasteiger partial charge in [-0.05, 0) is 31.2 Å². The summed E-state index contributed by atoms with van der Waals surface area (Å²) >= 11 is 0. The number of aliphatic imine (C=N–C) groups is 1. The molecular weight excluding hydrogens is 501 g/mol. The van der Waals surface area contributed by atoms with Crippen molar-refractivity contribution in [3.8, 4) is 0 Å². The predicted molar refractivity (Wildman–Crippen MR) is 118 cm³/mol. The summed E-state index contributed by atoms with van der Waals surface area (Å²) < 4.78 is 52.5. The standard InChI is InChI=1S/C19H29F4N5.HI/c1-4-27-7-9-28(10-8-27)14(2)12-25-18(24-3)26-13-15-5-6-16(20)11-17(15)19(21,22)23;/h5-6,11,14H,4,7-10,12-13H2,1-3H3,(H2,24,25,26);1H. The lowest BCUT2D eigenvalue weighted by molar-refractivity contribution is -0.138. The highest BCUT2D eigenvalue weighted by Crippen LogP contribution is 2.32. The van der Waals surface area contributed by atoms with Gasteiger partial charge in [0.05, 0.1) is 5.56 Å². The van der Waals surface area contributed by atoms with E-state index in [4.69, 9.17) is 0 Å². The van der Waals surface area contributed by atoms with Crippen LogP contribution in [0.25, 0.3) is 0 Å². The van der Waals surface area contributed by atoms with Crippen molar-refractivity contribution in [3.63, 3.8) is 0 Å². The third-order valence-corrected chi connectivity index (χ3v) is 5.09. The molecule has 166 valence electrons. The quantitative estimate of drug-likeness (QED) is 0.256. The molecule has 1 aromatic rings. The van der Waals surface area contributed by atoms with Crippen LogP contribution in [0.3, 0.4) is 0 Å². The molecule has 1 aromatic carbocycles. The zero-order valence-electron chi connectivity index (χ0n) is 17.0. The lowest BCUT2D eigenvalue weighted by atomic mass is 10.1. The van der Waals surface area contributed by atoms with Gasteiger partial charge in [0, 0.05) is 52.4 Å². The number of guanidine groups is 1. The van der Waals surface area contributed by atoms with E-state index in [2.05, 4.69) is 39.3 Å². The van der Waals surface area contributed by atoms with Gasteiger partial charge in [-0.2, -0.15) is 13.2 Å². The summed E-state index contributed by atoms with van der Waals surface area (Å²) in [5.41, 5.74) is -1.00. The molecule has 1 heterocycles. The highest BCUT2D eigenvalue weighted by Gasteiger charge is 2.33. The molecule has 0 aliphatic carbocycles. The van der Waals surface area contributed by atoms with E-state index in [1.165, 1.54) is 0 Å². The fourth-order valence-corrected chi connectivity index (χ4v) is 3.26. The van der Waals surface area contributed by atoms with Gasteiger partial charge < -0.3 is 15.5 Å². The molecule has 2 N–H and O–H groups in total. The number of hydrogen-bond acceptors (Lipinski definition) is 3. The second-order valence-corrected chi connectivity index (χ2v) is 6.93. The van der Waals surface area contributed by atoms with Gasteiger partial charge in [0.15, 0.2) is 5.96 Å². The monoisotopic (exact) mass is 531 g/mol. The number of hydrogen-bond donors (Lipinski definition) is 2. The second-order valence-electron chi connectivity index (χ2n) is 6.93. The Bertz CT molecular complexity index is 660. The lowest BCUT2D eigenvalue weighted by Gasteiger charge is -2.37. The molecule has 1 aliphatic rings. The maximum Gasteiger partial charge on any atom is 0.416 e. The summed E-state index contributed by atoms with van der Waals surface area (Å²) in [6, 6.07) is 2.97. The number of nitrogens with zero attached hydrogens (tertiary/aromatic N) is 3. The average Bonchev–Trinajstić information content (AvgIpc) is 2.68. The van der Waals surface area contributed by atoms with Crippen molar-refractivity contribution < 1.29 is 17.6 Å². The fourth-order valence-electron chi connectivity index (χ4n) is 3.26. The smallest absolute Gasteiger partial charge is 0.355 e. The summed E-state index contributed by atoms with van der Waals surface area (Å²) in [6.45, 7) is 9.92. The molecule has 5 nitrogen and oxygen atoms in total. The van der Waals surface area contributed by atoms with Crippen molar-refractivity contribution in [1.29, 1.82) is 0 Å². The third kappa shape index (κ3) is 7.89. The molecule has 0 spiro atoms. The molecule has 0 radical (unpaired) electrons.